The van der Waals surface area contributed by atoms with E-state index in [1.54, 1.807) is 0 Å². The molecule has 4 N–H and O–H groups in total. The number of halogens is 8. The molecule has 0 saturated heterocycles. The van der Waals surface area contributed by atoms with Gasteiger partial charge in [0.1, 0.15) is 0 Å². The lowest BCUT2D eigenvalue weighted by Gasteiger charge is -2.16. The smallest absolute Gasteiger partial charge is 0.199 e. The van der Waals surface area contributed by atoms with Gasteiger partial charge in [-0.05, 0) is 0 Å². The number of nitrogen functional groups attached to an aromatic ring is 2. The predicted molar refractivity (Wildman–Crippen MR) is 105 cm³/mol. The van der Waals surface area contributed by atoms with Gasteiger partial charge in [0.15, 0.2) is 5.78 Å². The van der Waals surface area contributed by atoms with Crippen LogP contribution in [0, 0.1) is 0 Å². The molecule has 2 aromatic carbocycles. The van der Waals surface area contributed by atoms with Crippen molar-refractivity contribution in [1.82, 2.24) is 0 Å². The number of carbonyl (C=O) groups is 1. The molecule has 0 aromatic heterocycles. The second-order valence-electron chi connectivity index (χ2n) is 4.42. The van der Waals surface area contributed by atoms with Gasteiger partial charge in [-0.3, -0.25) is 4.79 Å². The highest BCUT2D eigenvalue weighted by Gasteiger charge is 2.30. The third kappa shape index (κ3) is 3.10. The molecule has 0 bridgehead atoms. The highest BCUT2D eigenvalue weighted by atomic mass is 35.5. The van der Waals surface area contributed by atoms with Gasteiger partial charge in [0.05, 0.1) is 62.7 Å². The Bertz CT molecular complexity index is 767. The van der Waals surface area contributed by atoms with E-state index in [1.807, 2.05) is 0 Å². The molecule has 0 radical (unpaired) electrons. The van der Waals surface area contributed by atoms with Crippen LogP contribution in [0.2, 0.25) is 40.2 Å². The Morgan fingerprint density at radius 1 is 0.500 bits per heavy atom. The van der Waals surface area contributed by atoms with E-state index < -0.39 is 5.78 Å². The second kappa shape index (κ2) is 7.34. The van der Waals surface area contributed by atoms with Crippen molar-refractivity contribution in [2.24, 2.45) is 0 Å². The molecule has 0 aliphatic heterocycles. The number of benzene rings is 2. The molecule has 0 unspecified atom stereocenters. The summed E-state index contributed by atoms with van der Waals surface area (Å²) in [5.41, 5.74) is 10.7. The standard InChI is InChI=1S/C13H4Cl8N2O/c14-3-1(4(15)8(19)11(22)7(3)18)13(24)2-5(16)9(20)12(23)10(21)6(2)17/h22-23H2. The first-order chi connectivity index (χ1) is 11.0. The molecule has 24 heavy (non-hydrogen) atoms. The van der Waals surface area contributed by atoms with Gasteiger partial charge in [0.2, 0.25) is 0 Å². The summed E-state index contributed by atoms with van der Waals surface area (Å²) >= 11 is 48.2. The summed E-state index contributed by atoms with van der Waals surface area (Å²) in [5, 5.41) is -1.45. The molecule has 2 rings (SSSR count). The first-order valence-electron chi connectivity index (χ1n) is 5.79. The normalized spacial score (nSPS) is 11.0. The summed E-state index contributed by atoms with van der Waals surface area (Å²) in [4.78, 5) is 12.9. The number of carbonyl (C=O) groups excluding carboxylic acids is 1. The summed E-state index contributed by atoms with van der Waals surface area (Å²) < 4.78 is 0. The lowest BCUT2D eigenvalue weighted by molar-refractivity contribution is 0.103. The first kappa shape index (κ1) is 20.3. The Balaban J connectivity index is 2.87. The van der Waals surface area contributed by atoms with Crippen molar-refractivity contribution in [2.45, 2.75) is 0 Å². The van der Waals surface area contributed by atoms with E-state index in [0.29, 0.717) is 0 Å². The van der Waals surface area contributed by atoms with E-state index >= 15 is 0 Å². The van der Waals surface area contributed by atoms with Crippen LogP contribution in [0.5, 0.6) is 0 Å². The number of nitrogens with two attached hydrogens (primary N) is 2. The number of hydrogen-bond donors (Lipinski definition) is 2. The van der Waals surface area contributed by atoms with Crippen LogP contribution in [0.15, 0.2) is 0 Å². The van der Waals surface area contributed by atoms with Crippen LogP contribution in [-0.4, -0.2) is 5.78 Å². The van der Waals surface area contributed by atoms with Crippen LogP contribution in [0.3, 0.4) is 0 Å². The third-order valence-corrected chi connectivity index (χ3v) is 6.52. The first-order valence-corrected chi connectivity index (χ1v) is 8.82. The fraction of sp³-hybridized carbons (Fsp3) is 0. The van der Waals surface area contributed by atoms with Gasteiger partial charge >= 0.3 is 0 Å². The summed E-state index contributed by atoms with van der Waals surface area (Å²) in [6, 6.07) is 0. The molecule has 3 nitrogen and oxygen atoms in total. The second-order valence-corrected chi connectivity index (χ2v) is 7.44. The van der Waals surface area contributed by atoms with E-state index in [4.69, 9.17) is 104 Å². The van der Waals surface area contributed by atoms with E-state index in [1.165, 1.54) is 0 Å². The number of anilines is 2. The van der Waals surface area contributed by atoms with E-state index in [9.17, 15) is 4.79 Å². The van der Waals surface area contributed by atoms with Crippen LogP contribution in [0.4, 0.5) is 11.4 Å². The summed E-state index contributed by atoms with van der Waals surface area (Å²) in [5.74, 6) is -0.799. The zero-order valence-corrected chi connectivity index (χ0v) is 17.1. The Kier molecular flexibility index (Phi) is 6.22. The zero-order valence-electron chi connectivity index (χ0n) is 11.1. The molecule has 0 atom stereocenters. The molecule has 11 heteroatoms. The van der Waals surface area contributed by atoms with Gasteiger partial charge in [0, 0.05) is 0 Å². The van der Waals surface area contributed by atoms with Gasteiger partial charge in [-0.2, -0.15) is 0 Å². The van der Waals surface area contributed by atoms with E-state index in [0.717, 1.165) is 0 Å². The third-order valence-electron chi connectivity index (χ3n) is 3.05. The molecular formula is C13H4Cl8N2O. The van der Waals surface area contributed by atoms with Crippen molar-refractivity contribution in [3.63, 3.8) is 0 Å². The minimum Gasteiger partial charge on any atom is -0.396 e. The van der Waals surface area contributed by atoms with E-state index in [2.05, 4.69) is 0 Å². The monoisotopic (exact) mass is 484 g/mol. The molecule has 0 aliphatic rings. The van der Waals surface area contributed by atoms with Crippen molar-refractivity contribution in [3.05, 3.63) is 51.3 Å². The highest BCUT2D eigenvalue weighted by molar-refractivity contribution is 6.56. The van der Waals surface area contributed by atoms with Crippen molar-refractivity contribution < 1.29 is 4.79 Å². The average molecular weight is 488 g/mol. The van der Waals surface area contributed by atoms with Crippen LogP contribution >= 0.6 is 92.8 Å². The Labute approximate surface area is 176 Å². The fourth-order valence-corrected chi connectivity index (χ4v) is 3.90. The van der Waals surface area contributed by atoms with Gasteiger partial charge in [0.25, 0.3) is 0 Å². The minimum atomic E-state index is -0.799. The maximum atomic E-state index is 12.9. The fourth-order valence-electron chi connectivity index (χ4n) is 1.82. The average Bonchev–Trinajstić information content (AvgIpc) is 2.55. The number of rotatable bonds is 2. The molecule has 0 aliphatic carbocycles. The minimum absolute atomic E-state index is 0.0737. The van der Waals surface area contributed by atoms with Crippen LogP contribution in [0.25, 0.3) is 0 Å². The Hall–Kier alpha value is 0.0300. The largest absolute Gasteiger partial charge is 0.396 e. The molecular weight excluding hydrogens is 484 g/mol. The van der Waals surface area contributed by atoms with Crippen molar-refractivity contribution in [2.75, 3.05) is 11.5 Å². The van der Waals surface area contributed by atoms with Crippen molar-refractivity contribution in [1.29, 1.82) is 0 Å². The van der Waals surface area contributed by atoms with Crippen molar-refractivity contribution in [3.8, 4) is 0 Å². The summed E-state index contributed by atoms with van der Waals surface area (Å²) in [6.45, 7) is 0. The quantitative estimate of drug-likeness (QED) is 0.265. The lowest BCUT2D eigenvalue weighted by Crippen LogP contribution is -2.09. The highest BCUT2D eigenvalue weighted by Crippen LogP contribution is 2.47. The maximum Gasteiger partial charge on any atom is 0.199 e. The molecule has 2 aromatic rings. The van der Waals surface area contributed by atoms with Gasteiger partial charge in [-0.15, -0.1) is 0 Å². The maximum absolute atomic E-state index is 12.9. The van der Waals surface area contributed by atoms with E-state index in [-0.39, 0.29) is 62.7 Å². The Morgan fingerprint density at radius 3 is 0.917 bits per heavy atom. The molecule has 0 saturated carbocycles. The number of hydrogen-bond acceptors (Lipinski definition) is 3. The predicted octanol–water partition coefficient (Wildman–Crippen LogP) is 7.31. The lowest BCUT2D eigenvalue weighted by atomic mass is 10.0. The van der Waals surface area contributed by atoms with Gasteiger partial charge < -0.3 is 11.5 Å². The van der Waals surface area contributed by atoms with Gasteiger partial charge in [-0.25, -0.2) is 0 Å². The van der Waals surface area contributed by atoms with Crippen LogP contribution in [0.1, 0.15) is 15.9 Å². The number of ketones is 1. The molecule has 128 valence electrons. The Morgan fingerprint density at radius 2 is 0.708 bits per heavy atom. The molecule has 0 heterocycles. The zero-order chi connectivity index (χ0) is 18.5. The van der Waals surface area contributed by atoms with Crippen molar-refractivity contribution >= 4 is 110 Å². The topological polar surface area (TPSA) is 69.1 Å². The molecule has 0 fully saturated rings. The summed E-state index contributed by atoms with van der Waals surface area (Å²) in [6.07, 6.45) is 0. The van der Waals surface area contributed by atoms with Gasteiger partial charge in [-0.1, -0.05) is 92.8 Å². The van der Waals surface area contributed by atoms with Crippen LogP contribution < -0.4 is 11.5 Å². The summed E-state index contributed by atoms with van der Waals surface area (Å²) in [7, 11) is 0. The molecule has 0 amide bonds. The SMILES string of the molecule is Nc1c(Cl)c(Cl)c(C(=O)c2c(Cl)c(Cl)c(N)c(Cl)c2Cl)c(Cl)c1Cl. The van der Waals surface area contributed by atoms with Crippen LogP contribution in [-0.2, 0) is 0 Å². The molecule has 0 spiro atoms.